The van der Waals surface area contributed by atoms with Gasteiger partial charge in [0.25, 0.3) is 0 Å². The monoisotopic (exact) mass is 382 g/mol. The molecule has 0 aliphatic heterocycles. The van der Waals surface area contributed by atoms with Gasteiger partial charge in [-0.15, -0.1) is 11.6 Å². The van der Waals surface area contributed by atoms with Gasteiger partial charge in [0.2, 0.25) is 0 Å². The zero-order chi connectivity index (χ0) is 14.0. The van der Waals surface area contributed by atoms with E-state index < -0.39 is 5.82 Å². The second kappa shape index (κ2) is 6.31. The molecule has 0 radical (unpaired) electrons. The molecule has 0 spiro atoms. The molecule has 2 aromatic carbocycles. The van der Waals surface area contributed by atoms with Gasteiger partial charge in [0.15, 0.2) is 11.6 Å². The predicted molar refractivity (Wildman–Crippen MR) is 80.2 cm³/mol. The molecule has 0 atom stereocenters. The van der Waals surface area contributed by atoms with Crippen LogP contribution in [0.15, 0.2) is 34.8 Å². The Bertz CT molecular complexity index is 619. The maximum absolute atomic E-state index is 13.8. The minimum Gasteiger partial charge on any atom is -0.452 e. The largest absolute Gasteiger partial charge is 0.452 e. The summed E-state index contributed by atoms with van der Waals surface area (Å²) in [7, 11) is 0. The summed E-state index contributed by atoms with van der Waals surface area (Å²) >= 11 is 21.0. The van der Waals surface area contributed by atoms with Crippen LogP contribution in [0, 0.1) is 5.82 Å². The smallest absolute Gasteiger partial charge is 0.167 e. The number of para-hydroxylation sites is 1. The van der Waals surface area contributed by atoms with Crippen molar-refractivity contribution >= 4 is 50.7 Å². The van der Waals surface area contributed by atoms with E-state index in [4.69, 9.17) is 39.5 Å². The van der Waals surface area contributed by atoms with Gasteiger partial charge in [0.1, 0.15) is 5.75 Å². The first-order valence-electron chi connectivity index (χ1n) is 5.18. The Morgan fingerprint density at radius 3 is 2.58 bits per heavy atom. The van der Waals surface area contributed by atoms with Crippen LogP contribution in [-0.2, 0) is 5.88 Å². The molecule has 1 nitrogen and oxygen atoms in total. The van der Waals surface area contributed by atoms with Crippen molar-refractivity contribution in [1.82, 2.24) is 0 Å². The molecule has 6 heteroatoms. The van der Waals surface area contributed by atoms with Crippen molar-refractivity contribution in [2.45, 2.75) is 5.88 Å². The number of ether oxygens (including phenoxy) is 1. The molecule has 0 aromatic heterocycles. The van der Waals surface area contributed by atoms with Crippen LogP contribution in [0.2, 0.25) is 10.0 Å². The van der Waals surface area contributed by atoms with E-state index in [-0.39, 0.29) is 17.4 Å². The number of hydrogen-bond donors (Lipinski definition) is 0. The lowest BCUT2D eigenvalue weighted by Gasteiger charge is -2.12. The Hall–Kier alpha value is -0.480. The lowest BCUT2D eigenvalue weighted by atomic mass is 10.2. The number of hydrogen-bond acceptors (Lipinski definition) is 1. The van der Waals surface area contributed by atoms with Gasteiger partial charge in [-0.05, 0) is 28.1 Å². The average Bonchev–Trinajstić information content (AvgIpc) is 2.38. The van der Waals surface area contributed by atoms with E-state index in [0.717, 1.165) is 0 Å². The quantitative estimate of drug-likeness (QED) is 0.438. The molecule has 2 rings (SSSR count). The van der Waals surface area contributed by atoms with E-state index in [1.807, 2.05) is 0 Å². The minimum absolute atomic E-state index is 0.0535. The molecule has 0 amide bonds. The maximum atomic E-state index is 13.8. The molecule has 0 saturated carbocycles. The van der Waals surface area contributed by atoms with E-state index in [0.29, 0.717) is 20.1 Å². The summed E-state index contributed by atoms with van der Waals surface area (Å²) in [6.45, 7) is 0. The Morgan fingerprint density at radius 1 is 1.16 bits per heavy atom. The van der Waals surface area contributed by atoms with Crippen LogP contribution < -0.4 is 4.74 Å². The summed E-state index contributed by atoms with van der Waals surface area (Å²) in [4.78, 5) is 0. The van der Waals surface area contributed by atoms with Gasteiger partial charge in [-0.1, -0.05) is 35.3 Å². The second-order valence-electron chi connectivity index (χ2n) is 3.66. The number of alkyl halides is 1. The fourth-order valence-corrected chi connectivity index (χ4v) is 2.51. The number of halogens is 5. The molecule has 0 heterocycles. The summed E-state index contributed by atoms with van der Waals surface area (Å²) in [6.07, 6.45) is 0. The van der Waals surface area contributed by atoms with Gasteiger partial charge in [-0.2, -0.15) is 0 Å². The van der Waals surface area contributed by atoms with Crippen molar-refractivity contribution in [3.8, 4) is 11.5 Å². The molecular formula is C13H7BrCl3FO. The standard InChI is InChI=1S/C13H7BrCl3FO/c14-8-4-10(17)12(5-9(8)16)19-13-7(6-15)2-1-3-11(13)18/h1-5H,6H2. The third-order valence-corrected chi connectivity index (χ3v) is 4.16. The Labute approximate surface area is 133 Å². The highest BCUT2D eigenvalue weighted by atomic mass is 79.9. The van der Waals surface area contributed by atoms with Crippen LogP contribution in [0.4, 0.5) is 4.39 Å². The molecule has 0 N–H and O–H groups in total. The molecule has 19 heavy (non-hydrogen) atoms. The molecule has 0 saturated heterocycles. The molecule has 2 aromatic rings. The molecule has 0 aliphatic rings. The highest BCUT2D eigenvalue weighted by Gasteiger charge is 2.13. The highest BCUT2D eigenvalue weighted by Crippen LogP contribution is 2.38. The SMILES string of the molecule is Fc1cccc(CCl)c1Oc1cc(Cl)c(Br)cc1Cl. The third-order valence-electron chi connectivity index (χ3n) is 2.38. The first-order chi connectivity index (χ1) is 9.02. The summed E-state index contributed by atoms with van der Waals surface area (Å²) in [5.74, 6) is -0.0491. The van der Waals surface area contributed by atoms with Crippen molar-refractivity contribution in [2.75, 3.05) is 0 Å². The van der Waals surface area contributed by atoms with Crippen LogP contribution in [0.25, 0.3) is 0 Å². The predicted octanol–water partition coefficient (Wildman–Crippen LogP) is 6.43. The van der Waals surface area contributed by atoms with Gasteiger partial charge in [-0.25, -0.2) is 4.39 Å². The van der Waals surface area contributed by atoms with Gasteiger partial charge in [-0.3, -0.25) is 0 Å². The Kier molecular flexibility index (Phi) is 4.96. The molecule has 0 unspecified atom stereocenters. The Morgan fingerprint density at radius 2 is 1.89 bits per heavy atom. The van der Waals surface area contributed by atoms with Crippen molar-refractivity contribution in [3.05, 3.63) is 56.2 Å². The summed E-state index contributed by atoms with van der Waals surface area (Å²) in [5.41, 5.74) is 0.539. The zero-order valence-electron chi connectivity index (χ0n) is 9.39. The van der Waals surface area contributed by atoms with E-state index >= 15 is 0 Å². The summed E-state index contributed by atoms with van der Waals surface area (Å²) in [6, 6.07) is 7.63. The highest BCUT2D eigenvalue weighted by molar-refractivity contribution is 9.10. The normalized spacial score (nSPS) is 10.6. The zero-order valence-corrected chi connectivity index (χ0v) is 13.2. The van der Waals surface area contributed by atoms with E-state index in [1.165, 1.54) is 12.1 Å². The maximum Gasteiger partial charge on any atom is 0.167 e. The van der Waals surface area contributed by atoms with Crippen molar-refractivity contribution < 1.29 is 9.13 Å². The lowest BCUT2D eigenvalue weighted by molar-refractivity contribution is 0.438. The fourth-order valence-electron chi connectivity index (χ4n) is 1.47. The molecule has 0 bridgehead atoms. The molecule has 100 valence electrons. The molecule has 0 aliphatic carbocycles. The van der Waals surface area contributed by atoms with Gasteiger partial charge < -0.3 is 4.74 Å². The Balaban J connectivity index is 2.44. The van der Waals surface area contributed by atoms with E-state index in [9.17, 15) is 4.39 Å². The number of rotatable bonds is 3. The number of benzene rings is 2. The van der Waals surface area contributed by atoms with E-state index in [2.05, 4.69) is 15.9 Å². The van der Waals surface area contributed by atoms with Gasteiger partial charge in [0.05, 0.1) is 15.9 Å². The first-order valence-corrected chi connectivity index (χ1v) is 7.27. The fraction of sp³-hybridized carbons (Fsp3) is 0.0769. The molecule has 0 fully saturated rings. The molecular weight excluding hydrogens is 377 g/mol. The van der Waals surface area contributed by atoms with Crippen LogP contribution in [0.1, 0.15) is 5.56 Å². The topological polar surface area (TPSA) is 9.23 Å². The average molecular weight is 384 g/mol. The van der Waals surface area contributed by atoms with Crippen molar-refractivity contribution in [3.63, 3.8) is 0 Å². The van der Waals surface area contributed by atoms with Gasteiger partial charge >= 0.3 is 0 Å². The van der Waals surface area contributed by atoms with Crippen LogP contribution in [0.5, 0.6) is 11.5 Å². The summed E-state index contributed by atoms with van der Waals surface area (Å²) in [5, 5.41) is 0.739. The minimum atomic E-state index is -0.506. The van der Waals surface area contributed by atoms with Crippen LogP contribution in [0.3, 0.4) is 0 Å². The first kappa shape index (κ1) is 14.9. The van der Waals surface area contributed by atoms with Crippen molar-refractivity contribution in [1.29, 1.82) is 0 Å². The van der Waals surface area contributed by atoms with Gasteiger partial charge in [0, 0.05) is 16.1 Å². The third kappa shape index (κ3) is 3.34. The second-order valence-corrected chi connectivity index (χ2v) is 5.60. The lowest BCUT2D eigenvalue weighted by Crippen LogP contribution is -1.94. The van der Waals surface area contributed by atoms with Crippen molar-refractivity contribution in [2.24, 2.45) is 0 Å². The van der Waals surface area contributed by atoms with Crippen LogP contribution >= 0.6 is 50.7 Å². The van der Waals surface area contributed by atoms with Crippen LogP contribution in [-0.4, -0.2) is 0 Å². The summed E-state index contributed by atoms with van der Waals surface area (Å²) < 4.78 is 19.9. The van der Waals surface area contributed by atoms with E-state index in [1.54, 1.807) is 18.2 Å².